The van der Waals surface area contributed by atoms with Gasteiger partial charge in [-0.25, -0.2) is 9.48 Å². The van der Waals surface area contributed by atoms with E-state index < -0.39 is 5.97 Å². The molecule has 0 amide bonds. The first-order chi connectivity index (χ1) is 7.74. The molecule has 2 rings (SSSR count). The molecule has 0 spiro atoms. The second-order valence-corrected chi connectivity index (χ2v) is 3.29. The number of hydrogen-bond donors (Lipinski definition) is 1. The highest BCUT2D eigenvalue weighted by Gasteiger charge is 2.21. The summed E-state index contributed by atoms with van der Waals surface area (Å²) >= 11 is 0. The van der Waals surface area contributed by atoms with Gasteiger partial charge in [0, 0.05) is 6.54 Å². The molecular formula is C10H11N3O3. The first-order valence-electron chi connectivity index (χ1n) is 4.94. The maximum atomic E-state index is 11.0. The summed E-state index contributed by atoms with van der Waals surface area (Å²) in [6.07, 6.45) is 2.33. The number of carboxylic acid groups (broad SMARTS) is 1. The Labute approximate surface area is 91.5 Å². The minimum absolute atomic E-state index is 0.0802. The van der Waals surface area contributed by atoms with Crippen LogP contribution in [-0.4, -0.2) is 26.1 Å². The van der Waals surface area contributed by atoms with Gasteiger partial charge in [-0.05, 0) is 18.6 Å². The van der Waals surface area contributed by atoms with Crippen LogP contribution in [0.3, 0.4) is 0 Å². The molecule has 2 aromatic heterocycles. The zero-order valence-electron chi connectivity index (χ0n) is 8.75. The molecule has 2 aromatic rings. The molecule has 0 saturated carbocycles. The molecular weight excluding hydrogens is 210 g/mol. The Kier molecular flexibility index (Phi) is 2.72. The Morgan fingerprint density at radius 2 is 2.44 bits per heavy atom. The van der Waals surface area contributed by atoms with Crippen molar-refractivity contribution in [2.75, 3.05) is 0 Å². The van der Waals surface area contributed by atoms with Gasteiger partial charge in [0.05, 0.1) is 6.26 Å². The van der Waals surface area contributed by atoms with Crippen molar-refractivity contribution >= 4 is 5.97 Å². The molecule has 84 valence electrons. The topological polar surface area (TPSA) is 81.2 Å². The van der Waals surface area contributed by atoms with E-state index in [0.29, 0.717) is 18.0 Å². The number of carbonyl (C=O) groups is 1. The average molecular weight is 221 g/mol. The van der Waals surface area contributed by atoms with Crippen molar-refractivity contribution in [2.45, 2.75) is 19.9 Å². The van der Waals surface area contributed by atoms with E-state index in [0.717, 1.165) is 6.42 Å². The third-order valence-corrected chi connectivity index (χ3v) is 2.13. The number of hydrogen-bond acceptors (Lipinski definition) is 4. The lowest BCUT2D eigenvalue weighted by molar-refractivity contribution is 0.0691. The van der Waals surface area contributed by atoms with Crippen LogP contribution in [-0.2, 0) is 6.54 Å². The minimum Gasteiger partial charge on any atom is -0.476 e. The summed E-state index contributed by atoms with van der Waals surface area (Å²) in [7, 11) is 0. The van der Waals surface area contributed by atoms with Crippen LogP contribution in [0.1, 0.15) is 23.8 Å². The third-order valence-electron chi connectivity index (χ3n) is 2.13. The normalized spacial score (nSPS) is 10.6. The molecule has 0 fully saturated rings. The molecule has 6 nitrogen and oxygen atoms in total. The van der Waals surface area contributed by atoms with Crippen LogP contribution >= 0.6 is 0 Å². The quantitative estimate of drug-likeness (QED) is 0.848. The number of carboxylic acids is 1. The molecule has 0 radical (unpaired) electrons. The summed E-state index contributed by atoms with van der Waals surface area (Å²) in [6, 6.07) is 3.39. The molecule has 16 heavy (non-hydrogen) atoms. The Bertz CT molecular complexity index is 487. The van der Waals surface area contributed by atoms with Crippen LogP contribution in [0.2, 0.25) is 0 Å². The van der Waals surface area contributed by atoms with Crippen molar-refractivity contribution in [1.29, 1.82) is 0 Å². The maximum absolute atomic E-state index is 11.0. The molecule has 2 heterocycles. The van der Waals surface area contributed by atoms with E-state index >= 15 is 0 Å². The van der Waals surface area contributed by atoms with Gasteiger partial charge in [0.25, 0.3) is 0 Å². The van der Waals surface area contributed by atoms with Crippen LogP contribution in [0.4, 0.5) is 0 Å². The summed E-state index contributed by atoms with van der Waals surface area (Å²) in [5, 5.41) is 16.4. The summed E-state index contributed by atoms with van der Waals surface area (Å²) < 4.78 is 6.74. The maximum Gasteiger partial charge on any atom is 0.358 e. The molecule has 0 aliphatic heterocycles. The molecule has 0 atom stereocenters. The lowest BCUT2D eigenvalue weighted by Crippen LogP contribution is -2.04. The number of furan rings is 1. The lowest BCUT2D eigenvalue weighted by atomic mass is 10.2. The van der Waals surface area contributed by atoms with Crippen molar-refractivity contribution in [1.82, 2.24) is 15.0 Å². The summed E-state index contributed by atoms with van der Waals surface area (Å²) in [4.78, 5) is 11.0. The van der Waals surface area contributed by atoms with Crippen molar-refractivity contribution < 1.29 is 14.3 Å². The van der Waals surface area contributed by atoms with E-state index in [2.05, 4.69) is 10.3 Å². The fourth-order valence-electron chi connectivity index (χ4n) is 1.48. The summed E-state index contributed by atoms with van der Waals surface area (Å²) in [5.74, 6) is -0.635. The Hall–Kier alpha value is -2.11. The molecule has 6 heteroatoms. The van der Waals surface area contributed by atoms with Crippen LogP contribution in [0.15, 0.2) is 22.8 Å². The van der Waals surface area contributed by atoms with Gasteiger partial charge in [-0.1, -0.05) is 12.1 Å². The fraction of sp³-hybridized carbons (Fsp3) is 0.300. The van der Waals surface area contributed by atoms with E-state index in [-0.39, 0.29) is 5.69 Å². The van der Waals surface area contributed by atoms with Gasteiger partial charge >= 0.3 is 5.97 Å². The number of rotatable bonds is 4. The van der Waals surface area contributed by atoms with E-state index in [1.165, 1.54) is 6.26 Å². The summed E-state index contributed by atoms with van der Waals surface area (Å²) in [5.41, 5.74) is 0.336. The highest BCUT2D eigenvalue weighted by molar-refractivity contribution is 5.91. The van der Waals surface area contributed by atoms with Gasteiger partial charge in [0.1, 0.15) is 5.69 Å². The Morgan fingerprint density at radius 1 is 1.62 bits per heavy atom. The Balaban J connectivity index is 2.54. The SMILES string of the molecule is CCCn1nnc(C(=O)O)c1-c1ccco1. The number of nitrogens with zero attached hydrogens (tertiary/aromatic N) is 3. The van der Waals surface area contributed by atoms with E-state index in [1.807, 2.05) is 6.92 Å². The van der Waals surface area contributed by atoms with Crippen molar-refractivity contribution in [3.8, 4) is 11.5 Å². The number of aryl methyl sites for hydroxylation is 1. The predicted octanol–water partition coefficient (Wildman–Crippen LogP) is 1.65. The monoisotopic (exact) mass is 221 g/mol. The predicted molar refractivity (Wildman–Crippen MR) is 55.0 cm³/mol. The highest BCUT2D eigenvalue weighted by atomic mass is 16.4. The number of aromatic carboxylic acids is 1. The zero-order chi connectivity index (χ0) is 11.5. The summed E-state index contributed by atoms with van der Waals surface area (Å²) in [6.45, 7) is 2.59. The van der Waals surface area contributed by atoms with Gasteiger partial charge in [0.15, 0.2) is 5.76 Å². The third kappa shape index (κ3) is 1.69. The molecule has 0 unspecified atom stereocenters. The molecule has 0 aliphatic carbocycles. The molecule has 0 aliphatic rings. The van der Waals surface area contributed by atoms with Gasteiger partial charge in [-0.2, -0.15) is 0 Å². The van der Waals surface area contributed by atoms with Crippen LogP contribution in [0, 0.1) is 0 Å². The van der Waals surface area contributed by atoms with Crippen molar-refractivity contribution in [2.24, 2.45) is 0 Å². The number of aromatic nitrogens is 3. The largest absolute Gasteiger partial charge is 0.476 e. The molecule has 1 N–H and O–H groups in total. The fourth-order valence-corrected chi connectivity index (χ4v) is 1.48. The van der Waals surface area contributed by atoms with Gasteiger partial charge in [-0.15, -0.1) is 5.10 Å². The molecule has 0 bridgehead atoms. The van der Waals surface area contributed by atoms with Crippen LogP contribution in [0.25, 0.3) is 11.5 Å². The first-order valence-corrected chi connectivity index (χ1v) is 4.94. The van der Waals surface area contributed by atoms with E-state index in [1.54, 1.807) is 16.8 Å². The minimum atomic E-state index is -1.10. The highest BCUT2D eigenvalue weighted by Crippen LogP contribution is 2.22. The second-order valence-electron chi connectivity index (χ2n) is 3.29. The van der Waals surface area contributed by atoms with E-state index in [9.17, 15) is 4.79 Å². The first kappa shape index (κ1) is 10.4. The van der Waals surface area contributed by atoms with E-state index in [4.69, 9.17) is 9.52 Å². The lowest BCUT2D eigenvalue weighted by Gasteiger charge is -2.02. The molecule has 0 aromatic carbocycles. The zero-order valence-corrected chi connectivity index (χ0v) is 8.75. The molecule has 0 saturated heterocycles. The second kappa shape index (κ2) is 4.18. The average Bonchev–Trinajstić information content (AvgIpc) is 2.84. The Morgan fingerprint density at radius 3 is 3.00 bits per heavy atom. The van der Waals surface area contributed by atoms with Crippen LogP contribution in [0.5, 0.6) is 0 Å². The van der Waals surface area contributed by atoms with Gasteiger partial charge in [0.2, 0.25) is 5.69 Å². The van der Waals surface area contributed by atoms with Gasteiger partial charge in [-0.3, -0.25) is 0 Å². The smallest absolute Gasteiger partial charge is 0.358 e. The van der Waals surface area contributed by atoms with Crippen molar-refractivity contribution in [3.05, 3.63) is 24.1 Å². The van der Waals surface area contributed by atoms with Gasteiger partial charge < -0.3 is 9.52 Å². The van der Waals surface area contributed by atoms with Crippen LogP contribution < -0.4 is 0 Å². The van der Waals surface area contributed by atoms with Crippen molar-refractivity contribution in [3.63, 3.8) is 0 Å². The standard InChI is InChI=1S/C10H11N3O3/c1-2-5-13-9(7-4-3-6-16-7)8(10(14)15)11-12-13/h3-4,6H,2,5H2,1H3,(H,14,15).